The number of carbonyl (C=O) groups is 1. The highest BCUT2D eigenvalue weighted by Crippen LogP contribution is 2.60. The maximum atomic E-state index is 12.5. The molecular formula is C17H17N3O3S. The second kappa shape index (κ2) is 5.37. The number of fused-ring (bicyclic) bond motifs is 2. The molecule has 6 nitrogen and oxygen atoms in total. The lowest BCUT2D eigenvalue weighted by Crippen LogP contribution is -2.35. The summed E-state index contributed by atoms with van der Waals surface area (Å²) in [4.78, 5) is 20.0. The van der Waals surface area contributed by atoms with Crippen molar-refractivity contribution in [2.24, 2.45) is 5.92 Å². The van der Waals surface area contributed by atoms with Gasteiger partial charge in [-0.3, -0.25) is 9.78 Å². The first-order valence-electron chi connectivity index (χ1n) is 7.94. The lowest BCUT2D eigenvalue weighted by Gasteiger charge is -2.26. The van der Waals surface area contributed by atoms with Gasteiger partial charge in [-0.2, -0.15) is 8.42 Å². The van der Waals surface area contributed by atoms with E-state index >= 15 is 0 Å². The van der Waals surface area contributed by atoms with Crippen LogP contribution in [0.2, 0.25) is 0 Å². The van der Waals surface area contributed by atoms with Crippen LogP contribution in [0.25, 0.3) is 0 Å². The highest BCUT2D eigenvalue weighted by Gasteiger charge is 2.60. The summed E-state index contributed by atoms with van der Waals surface area (Å²) in [7, 11) is -3.97. The van der Waals surface area contributed by atoms with Crippen LogP contribution in [0.3, 0.4) is 0 Å². The number of aromatic nitrogens is 2. The largest absolute Gasteiger partial charge is 0.283 e. The summed E-state index contributed by atoms with van der Waals surface area (Å²) in [6.07, 6.45) is 7.47. The minimum absolute atomic E-state index is 0.198. The Hall–Kier alpha value is -2.28. The molecule has 24 heavy (non-hydrogen) atoms. The zero-order valence-electron chi connectivity index (χ0n) is 13.0. The van der Waals surface area contributed by atoms with Crippen molar-refractivity contribution in [2.75, 3.05) is 0 Å². The average Bonchev–Trinajstić information content (AvgIpc) is 3.31. The smallest absolute Gasteiger partial charge is 0.274 e. The third-order valence-corrected chi connectivity index (χ3v) is 6.30. The molecule has 2 aliphatic carbocycles. The van der Waals surface area contributed by atoms with Crippen LogP contribution >= 0.6 is 0 Å². The van der Waals surface area contributed by atoms with Gasteiger partial charge in [0.1, 0.15) is 0 Å². The third kappa shape index (κ3) is 2.39. The van der Waals surface area contributed by atoms with Gasteiger partial charge in [-0.05, 0) is 36.8 Å². The van der Waals surface area contributed by atoms with E-state index in [9.17, 15) is 13.2 Å². The number of amides is 1. The van der Waals surface area contributed by atoms with E-state index in [0.29, 0.717) is 6.42 Å². The second-order valence-electron chi connectivity index (χ2n) is 6.44. The number of hydrogen-bond acceptors (Lipinski definition) is 5. The topological polar surface area (TPSA) is 89.0 Å². The van der Waals surface area contributed by atoms with Gasteiger partial charge in [-0.1, -0.05) is 24.3 Å². The van der Waals surface area contributed by atoms with E-state index in [1.165, 1.54) is 23.5 Å². The fourth-order valence-electron chi connectivity index (χ4n) is 3.86. The standard InChI is InChI=1S/C17H17N3O3S/c21-16(20-24(22,23)15-11-18-8-9-19-15)14-10-17(14)7-3-5-12-4-1-2-6-13(12)17/h1-2,4,6,8-9,11,14H,3,5,7,10H2,(H,20,21)/t14-,17-/m0/s1. The summed E-state index contributed by atoms with van der Waals surface area (Å²) in [5.41, 5.74) is 2.28. The van der Waals surface area contributed by atoms with Crippen LogP contribution in [0.5, 0.6) is 0 Å². The van der Waals surface area contributed by atoms with Crippen LogP contribution in [0, 0.1) is 5.92 Å². The Bertz CT molecular complexity index is 898. The molecule has 1 amide bonds. The van der Waals surface area contributed by atoms with E-state index in [1.807, 2.05) is 12.1 Å². The molecule has 1 spiro atoms. The molecule has 1 N–H and O–H groups in total. The SMILES string of the molecule is O=C(NS(=O)(=O)c1cnccn1)[C@@H]1C[C@]12CCCc1ccccc12. The van der Waals surface area contributed by atoms with Crippen LogP contribution < -0.4 is 4.72 Å². The van der Waals surface area contributed by atoms with E-state index < -0.39 is 15.9 Å². The van der Waals surface area contributed by atoms with Gasteiger partial charge in [-0.15, -0.1) is 0 Å². The summed E-state index contributed by atoms with van der Waals surface area (Å²) < 4.78 is 26.7. The van der Waals surface area contributed by atoms with Gasteiger partial charge in [0, 0.05) is 23.7 Å². The number of carbonyl (C=O) groups excluding carboxylic acids is 1. The number of nitrogens with one attached hydrogen (secondary N) is 1. The normalized spacial score (nSPS) is 25.1. The molecule has 0 bridgehead atoms. The molecule has 1 aromatic heterocycles. The molecule has 2 aliphatic rings. The molecule has 1 saturated carbocycles. The van der Waals surface area contributed by atoms with Gasteiger partial charge >= 0.3 is 0 Å². The summed E-state index contributed by atoms with van der Waals surface area (Å²) >= 11 is 0. The average molecular weight is 343 g/mol. The molecule has 0 aliphatic heterocycles. The summed E-state index contributed by atoms with van der Waals surface area (Å²) in [5.74, 6) is -0.747. The molecule has 1 aromatic carbocycles. The van der Waals surface area contributed by atoms with Gasteiger partial charge in [0.25, 0.3) is 10.0 Å². The second-order valence-corrected chi connectivity index (χ2v) is 8.07. The van der Waals surface area contributed by atoms with E-state index in [-0.39, 0.29) is 16.4 Å². The summed E-state index contributed by atoms with van der Waals surface area (Å²) in [6.45, 7) is 0. The molecule has 0 saturated heterocycles. The summed E-state index contributed by atoms with van der Waals surface area (Å²) in [5, 5.41) is -0.239. The van der Waals surface area contributed by atoms with Crippen LogP contribution in [0.4, 0.5) is 0 Å². The maximum Gasteiger partial charge on any atom is 0.283 e. The Morgan fingerprint density at radius 3 is 2.88 bits per heavy atom. The lowest BCUT2D eigenvalue weighted by molar-refractivity contribution is -0.121. The number of rotatable bonds is 3. The molecule has 1 fully saturated rings. The monoisotopic (exact) mass is 343 g/mol. The molecule has 124 valence electrons. The van der Waals surface area contributed by atoms with Gasteiger partial charge in [-0.25, -0.2) is 9.71 Å². The number of aryl methyl sites for hydroxylation is 1. The maximum absolute atomic E-state index is 12.5. The Balaban J connectivity index is 1.56. The molecule has 7 heteroatoms. The van der Waals surface area contributed by atoms with E-state index in [0.717, 1.165) is 25.5 Å². The van der Waals surface area contributed by atoms with Crippen molar-refractivity contribution < 1.29 is 13.2 Å². The molecule has 1 heterocycles. The minimum atomic E-state index is -3.97. The van der Waals surface area contributed by atoms with Crippen molar-refractivity contribution in [1.29, 1.82) is 0 Å². The quantitative estimate of drug-likeness (QED) is 0.914. The van der Waals surface area contributed by atoms with E-state index in [4.69, 9.17) is 0 Å². The van der Waals surface area contributed by atoms with Crippen molar-refractivity contribution >= 4 is 15.9 Å². The first-order chi connectivity index (χ1) is 11.5. The van der Waals surface area contributed by atoms with Gasteiger partial charge in [0.05, 0.1) is 6.20 Å². The number of benzene rings is 1. The van der Waals surface area contributed by atoms with Crippen LogP contribution in [-0.2, 0) is 26.7 Å². The zero-order valence-corrected chi connectivity index (χ0v) is 13.8. The predicted molar refractivity (Wildman–Crippen MR) is 86.5 cm³/mol. The number of sulfonamides is 1. The Morgan fingerprint density at radius 2 is 2.08 bits per heavy atom. The van der Waals surface area contributed by atoms with Crippen molar-refractivity contribution in [2.45, 2.75) is 36.1 Å². The first kappa shape index (κ1) is 15.3. The highest BCUT2D eigenvalue weighted by molar-refractivity contribution is 7.90. The Morgan fingerprint density at radius 1 is 1.25 bits per heavy atom. The van der Waals surface area contributed by atoms with Crippen molar-refractivity contribution in [1.82, 2.24) is 14.7 Å². The van der Waals surface area contributed by atoms with E-state index in [2.05, 4.69) is 26.8 Å². The Labute approximate surface area is 140 Å². The van der Waals surface area contributed by atoms with Crippen LogP contribution in [0.15, 0.2) is 47.9 Å². The fourth-order valence-corrected chi connectivity index (χ4v) is 4.77. The minimum Gasteiger partial charge on any atom is -0.274 e. The molecule has 0 radical (unpaired) electrons. The van der Waals surface area contributed by atoms with E-state index in [1.54, 1.807) is 0 Å². The molecule has 4 rings (SSSR count). The van der Waals surface area contributed by atoms with Crippen molar-refractivity contribution in [3.8, 4) is 0 Å². The molecule has 2 atom stereocenters. The van der Waals surface area contributed by atoms with Crippen LogP contribution in [-0.4, -0.2) is 24.3 Å². The van der Waals surface area contributed by atoms with Gasteiger partial charge < -0.3 is 0 Å². The fraction of sp³-hybridized carbons (Fsp3) is 0.353. The molecule has 2 aromatic rings. The molecular weight excluding hydrogens is 326 g/mol. The number of nitrogens with zero attached hydrogens (tertiary/aromatic N) is 2. The van der Waals surface area contributed by atoms with Crippen molar-refractivity contribution in [3.63, 3.8) is 0 Å². The zero-order chi connectivity index (χ0) is 16.8. The number of hydrogen-bond donors (Lipinski definition) is 1. The van der Waals surface area contributed by atoms with Gasteiger partial charge in [0.15, 0.2) is 5.03 Å². The summed E-state index contributed by atoms with van der Waals surface area (Å²) in [6, 6.07) is 8.15. The van der Waals surface area contributed by atoms with Crippen LogP contribution in [0.1, 0.15) is 30.4 Å². The highest BCUT2D eigenvalue weighted by atomic mass is 32.2. The lowest BCUT2D eigenvalue weighted by atomic mass is 9.78. The third-order valence-electron chi connectivity index (χ3n) is 5.06. The predicted octanol–water partition coefficient (Wildman–Crippen LogP) is 1.58. The molecule has 0 unspecified atom stereocenters. The van der Waals surface area contributed by atoms with Crippen molar-refractivity contribution in [3.05, 3.63) is 54.0 Å². The van der Waals surface area contributed by atoms with Gasteiger partial charge in [0.2, 0.25) is 5.91 Å². The first-order valence-corrected chi connectivity index (χ1v) is 9.42. The Kier molecular flexibility index (Phi) is 3.42.